The lowest BCUT2D eigenvalue weighted by molar-refractivity contribution is 0.383. The topological polar surface area (TPSA) is 24.9 Å². The summed E-state index contributed by atoms with van der Waals surface area (Å²) in [5.41, 5.74) is 39.8. The Labute approximate surface area is 880 Å². The van der Waals surface area contributed by atoms with Gasteiger partial charge in [-0.15, -0.1) is 0 Å². The summed E-state index contributed by atoms with van der Waals surface area (Å²) in [5, 5.41) is 0. The lowest BCUT2D eigenvalue weighted by Crippen LogP contribution is -2.29. The molecule has 0 amide bonds. The summed E-state index contributed by atoms with van der Waals surface area (Å²) in [7, 11) is 0. The summed E-state index contributed by atoms with van der Waals surface area (Å²) in [6.45, 7) is 25.7. The van der Waals surface area contributed by atoms with Crippen LogP contribution in [-0.4, -0.2) is 0 Å². The number of aryl methyl sites for hydroxylation is 1. The highest BCUT2D eigenvalue weighted by molar-refractivity contribution is 5.96. The summed E-state index contributed by atoms with van der Waals surface area (Å²) in [5.74, 6) is 5.87. The first kappa shape index (κ1) is 94.8. The molecule has 4 nitrogen and oxygen atoms in total. The first-order valence-electron chi connectivity index (χ1n) is 53.7. The average molecular weight is 1930 g/mol. The van der Waals surface area contributed by atoms with Crippen LogP contribution >= 0.6 is 0 Å². The van der Waals surface area contributed by atoms with Crippen LogP contribution in [0, 0.1) is 30.6 Å². The Morgan fingerprint density at radius 2 is 0.497 bits per heavy atom. The third-order valence-corrected chi connectivity index (χ3v) is 33.0. The van der Waals surface area contributed by atoms with Gasteiger partial charge in [0.05, 0.1) is 21.7 Å². The lowest BCUT2D eigenvalue weighted by atomic mass is 9.67. The van der Waals surface area contributed by atoms with Gasteiger partial charge in [-0.25, -0.2) is 0 Å². The van der Waals surface area contributed by atoms with E-state index in [1.54, 1.807) is 0 Å². The number of hydrogen-bond donors (Lipinski definition) is 0. The summed E-state index contributed by atoms with van der Waals surface area (Å²) in [6.07, 6.45) is 3.08. The van der Waals surface area contributed by atoms with E-state index in [0.29, 0.717) is 23.7 Å². The Hall–Kier alpha value is -16.4. The van der Waals surface area contributed by atoms with Gasteiger partial charge in [0.2, 0.25) is 0 Å². The van der Waals surface area contributed by atoms with Crippen LogP contribution in [-0.2, 0) is 33.5 Å². The first-order chi connectivity index (χ1) is 72.8. The van der Waals surface area contributed by atoms with Gasteiger partial charge in [-0.1, -0.05) is 445 Å². The van der Waals surface area contributed by atoms with Crippen LogP contribution in [0.3, 0.4) is 0 Å². The van der Waals surface area contributed by atoms with Crippen molar-refractivity contribution >= 4 is 34.1 Å². The molecule has 149 heavy (non-hydrogen) atoms. The maximum Gasteiger partial charge on any atom is 0.127 e. The van der Waals surface area contributed by atoms with Gasteiger partial charge in [0, 0.05) is 34.1 Å². The molecule has 5 unspecified atom stereocenters. The first-order valence-corrected chi connectivity index (χ1v) is 53.7. The molecule has 0 fully saturated rings. The number of anilines is 6. The Balaban J connectivity index is 0.554. The van der Waals surface area contributed by atoms with Gasteiger partial charge in [0.1, 0.15) is 23.0 Å². The molecule has 4 heteroatoms. The molecule has 728 valence electrons. The van der Waals surface area contributed by atoms with E-state index in [1.807, 2.05) is 0 Å². The summed E-state index contributed by atoms with van der Waals surface area (Å²) >= 11 is 0. The minimum atomic E-state index is -0.723. The van der Waals surface area contributed by atoms with Crippen molar-refractivity contribution in [2.45, 2.75) is 134 Å². The van der Waals surface area contributed by atoms with Crippen LogP contribution < -0.4 is 19.3 Å². The van der Waals surface area contributed by atoms with E-state index in [9.17, 15) is 0 Å². The fraction of sp³-hybridized carbons (Fsp3) is 0.172. The Kier molecular flexibility index (Phi) is 24.7. The molecule has 0 saturated carbocycles. The number of benzene rings is 20. The van der Waals surface area contributed by atoms with Gasteiger partial charge < -0.3 is 19.3 Å². The van der Waals surface area contributed by atoms with Gasteiger partial charge in [-0.2, -0.15) is 0 Å². The van der Waals surface area contributed by atoms with Gasteiger partial charge >= 0.3 is 0 Å². The zero-order chi connectivity index (χ0) is 101. The second-order valence-corrected chi connectivity index (χ2v) is 44.2. The molecule has 0 bridgehead atoms. The minimum Gasteiger partial charge on any atom is -0.457 e. The maximum absolute atomic E-state index is 7.04. The van der Waals surface area contributed by atoms with E-state index in [0.717, 1.165) is 81.9 Å². The molecule has 20 aromatic rings. The Bertz CT molecular complexity index is 8200. The SMILES string of the molecule is Cc1ccc(C2(c3ccc(Oc4ccc(C(CC(C)C)C(C)Cc5ccc6c(c5)-c5ccc(N(c7ccccc7)c7ccc8c(c7)C(c7ccc(Oc9ccc(C(CC(C)C)C(C)C)cc9)cc7)(c7ccc(C(C)(C)C)cc7)c7ccccc7-8)cc5C6(c5ccccc5)c5ccccc5)cc4)cc3)c3ccccc3-c3ccc(N(c4ccccc4)c4ccc5c(c4)C(c4ccccc4)(c4ccccc4)c4ccccc4-5)cc32)cc1. The molecule has 4 aliphatic rings. The molecule has 24 rings (SSSR count). The standard InChI is InChI=1S/C145H126N2O2/c1-96(2)88-130(98(5)6)102-57-75-119(76-58-102)148-121-81-69-112(70-82-121)145(110-65-63-104(64-66-110)141(9,10)11)135-53-35-32-50-125(135)128-85-73-117(94-139(128)145)147(114-46-28-17-29-47-114)118-74-86-129-132-91-101(56-87-136(132)143(140(129)95-118,107-40-22-14-23-41-107)108-42-24-15-25-43-108)90-100(8)131(89-97(3)4)103-59-77-120(78-60-103)149-122-79-67-111(68-80-122)144(109-61-54-99(7)55-62-109)134-52-34-31-49-124(134)127-84-72-116(93-138(127)144)146(113-44-26-16-27-45-113)115-71-83-126-123-48-30-33-51-133(123)142(137(126)92-115,105-36-18-12-19-37-105)106-38-20-13-21-39-106/h12-87,91-98,100,130-131H,88-90H2,1-11H3. The van der Waals surface area contributed by atoms with E-state index in [4.69, 9.17) is 9.47 Å². The van der Waals surface area contributed by atoms with Crippen molar-refractivity contribution in [2.75, 3.05) is 9.80 Å². The van der Waals surface area contributed by atoms with Gasteiger partial charge in [-0.3, -0.25) is 0 Å². The molecular weight excluding hydrogens is 1800 g/mol. The van der Waals surface area contributed by atoms with Crippen molar-refractivity contribution in [1.29, 1.82) is 0 Å². The van der Waals surface area contributed by atoms with E-state index >= 15 is 0 Å². The number of ether oxygens (including phenoxy) is 2. The molecule has 0 heterocycles. The average Bonchev–Trinajstić information content (AvgIpc) is 1.55. The zero-order valence-electron chi connectivity index (χ0n) is 87.1. The van der Waals surface area contributed by atoms with Crippen molar-refractivity contribution in [3.63, 3.8) is 0 Å². The van der Waals surface area contributed by atoms with Crippen molar-refractivity contribution in [3.8, 4) is 67.5 Å². The molecule has 0 spiro atoms. The lowest BCUT2D eigenvalue weighted by Gasteiger charge is -2.36. The van der Waals surface area contributed by atoms with Crippen LogP contribution in [0.25, 0.3) is 44.5 Å². The second kappa shape index (κ2) is 38.8. The largest absolute Gasteiger partial charge is 0.457 e. The third-order valence-electron chi connectivity index (χ3n) is 33.0. The quantitative estimate of drug-likeness (QED) is 0.0488. The highest BCUT2D eigenvalue weighted by Gasteiger charge is 2.52. The molecule has 0 N–H and O–H groups in total. The fourth-order valence-electron chi connectivity index (χ4n) is 26.2. The number of para-hydroxylation sites is 2. The number of rotatable bonds is 28. The van der Waals surface area contributed by atoms with E-state index in [1.165, 1.54) is 156 Å². The van der Waals surface area contributed by atoms with Crippen LogP contribution in [0.1, 0.15) is 211 Å². The second-order valence-electron chi connectivity index (χ2n) is 44.2. The van der Waals surface area contributed by atoms with E-state index in [2.05, 4.69) is 577 Å². The molecule has 0 radical (unpaired) electrons. The van der Waals surface area contributed by atoms with E-state index < -0.39 is 21.7 Å². The summed E-state index contributed by atoms with van der Waals surface area (Å²) in [4.78, 5) is 4.98. The van der Waals surface area contributed by atoms with E-state index in [-0.39, 0.29) is 17.3 Å². The minimum absolute atomic E-state index is 0.0491. The van der Waals surface area contributed by atoms with Crippen molar-refractivity contribution < 1.29 is 9.47 Å². The Morgan fingerprint density at radius 1 is 0.228 bits per heavy atom. The fourth-order valence-corrected chi connectivity index (χ4v) is 26.2. The molecule has 0 saturated heterocycles. The smallest absolute Gasteiger partial charge is 0.127 e. The van der Waals surface area contributed by atoms with Crippen molar-refractivity contribution in [1.82, 2.24) is 0 Å². The summed E-state index contributed by atoms with van der Waals surface area (Å²) in [6, 6.07) is 185. The molecule has 4 aliphatic carbocycles. The number of nitrogens with zero attached hydrogens (tertiary/aromatic N) is 2. The van der Waals surface area contributed by atoms with Crippen molar-refractivity contribution in [2.24, 2.45) is 23.7 Å². The monoisotopic (exact) mass is 1930 g/mol. The molecule has 5 atom stereocenters. The molecule has 20 aromatic carbocycles. The van der Waals surface area contributed by atoms with Crippen LogP contribution in [0.4, 0.5) is 34.1 Å². The predicted molar refractivity (Wildman–Crippen MR) is 620 cm³/mol. The molecule has 0 aliphatic heterocycles. The van der Waals surface area contributed by atoms with Crippen LogP contribution in [0.15, 0.2) is 491 Å². The number of fused-ring (bicyclic) bond motifs is 12. The molecular formula is C145H126N2O2. The summed E-state index contributed by atoms with van der Waals surface area (Å²) < 4.78 is 13.8. The van der Waals surface area contributed by atoms with Crippen LogP contribution in [0.2, 0.25) is 0 Å². The number of hydrogen-bond acceptors (Lipinski definition) is 4. The van der Waals surface area contributed by atoms with Crippen LogP contribution in [0.5, 0.6) is 23.0 Å². The normalized spacial score (nSPS) is 15.7. The zero-order valence-corrected chi connectivity index (χ0v) is 87.1. The highest BCUT2D eigenvalue weighted by atomic mass is 16.5. The maximum atomic E-state index is 7.04. The Morgan fingerprint density at radius 3 is 0.826 bits per heavy atom. The predicted octanol–water partition coefficient (Wildman–Crippen LogP) is 38.1. The van der Waals surface area contributed by atoms with Gasteiger partial charge in [0.15, 0.2) is 0 Å². The highest BCUT2D eigenvalue weighted by Crippen LogP contribution is 2.64. The van der Waals surface area contributed by atoms with Gasteiger partial charge in [-0.05, 0) is 344 Å². The molecule has 0 aromatic heterocycles. The third kappa shape index (κ3) is 16.4. The van der Waals surface area contributed by atoms with Gasteiger partial charge in [0.25, 0.3) is 0 Å². The van der Waals surface area contributed by atoms with Crippen molar-refractivity contribution in [3.05, 3.63) is 608 Å².